The third kappa shape index (κ3) is 6.26. The van der Waals surface area contributed by atoms with Gasteiger partial charge in [0.05, 0.1) is 53.3 Å². The number of halogens is 2. The molecule has 5 aromatic rings. The van der Waals surface area contributed by atoms with E-state index >= 15 is 9.59 Å². The smallest absolute Gasteiger partial charge is 0.260 e. The zero-order valence-electron chi connectivity index (χ0n) is 32.6. The Balaban J connectivity index is 1.17. The number of hydrogen-bond acceptors (Lipinski definition) is 9. The van der Waals surface area contributed by atoms with Crippen LogP contribution in [0.25, 0.3) is 0 Å². The van der Waals surface area contributed by atoms with Crippen LogP contribution in [0.5, 0.6) is 17.2 Å². The first-order valence-corrected chi connectivity index (χ1v) is 20.5. The van der Waals surface area contributed by atoms with Crippen LogP contribution in [0.2, 0.25) is 10.0 Å². The molecule has 3 fully saturated rings. The number of rotatable bonds is 10. The highest BCUT2D eigenvalue weighted by molar-refractivity contribution is 6.36. The minimum atomic E-state index is -1.57. The number of nitrogens with zero attached hydrogens (tertiary/aromatic N) is 2. The molecule has 0 spiro atoms. The third-order valence-electron chi connectivity index (χ3n) is 12.4. The fraction of sp³-hybridized carbons (Fsp3) is 0.234. The summed E-state index contributed by atoms with van der Waals surface area (Å²) in [7, 11) is 1.55. The number of anilines is 4. The number of imide groups is 2. The zero-order chi connectivity index (χ0) is 41.9. The number of fused-ring (bicyclic) bond motifs is 4. The summed E-state index contributed by atoms with van der Waals surface area (Å²) < 4.78 is 11.4. The van der Waals surface area contributed by atoms with Crippen molar-refractivity contribution in [2.45, 2.75) is 31.1 Å². The van der Waals surface area contributed by atoms with Crippen molar-refractivity contribution in [3.05, 3.63) is 148 Å². The lowest BCUT2D eigenvalue weighted by atomic mass is 9.49. The largest absolute Gasteiger partial charge is 0.504 e. The number of para-hydroxylation sites is 1. The van der Waals surface area contributed by atoms with Gasteiger partial charge in [0, 0.05) is 22.3 Å². The van der Waals surface area contributed by atoms with Crippen molar-refractivity contribution in [2.24, 2.45) is 23.7 Å². The number of nitrogens with one attached hydrogen (secondary N) is 2. The van der Waals surface area contributed by atoms with Crippen molar-refractivity contribution in [1.82, 2.24) is 5.01 Å². The molecule has 2 heterocycles. The highest BCUT2D eigenvalue weighted by atomic mass is 35.5. The molecular formula is C47H40Cl2N4O7. The van der Waals surface area contributed by atoms with Gasteiger partial charge in [0.1, 0.15) is 5.75 Å². The van der Waals surface area contributed by atoms with Gasteiger partial charge in [-0.3, -0.25) is 29.5 Å². The van der Waals surface area contributed by atoms with Gasteiger partial charge in [0.2, 0.25) is 11.8 Å². The fourth-order valence-corrected chi connectivity index (χ4v) is 10.3. The molecule has 2 saturated heterocycles. The van der Waals surface area contributed by atoms with Crippen LogP contribution >= 0.6 is 23.2 Å². The highest BCUT2D eigenvalue weighted by Gasteiger charge is 2.70. The van der Waals surface area contributed by atoms with Gasteiger partial charge in [-0.15, -0.1) is 0 Å². The summed E-state index contributed by atoms with van der Waals surface area (Å²) in [5.41, 5.74) is 5.77. The number of phenols is 1. The van der Waals surface area contributed by atoms with Crippen molar-refractivity contribution >= 4 is 69.6 Å². The molecule has 13 heteroatoms. The van der Waals surface area contributed by atoms with Crippen LogP contribution in [0.15, 0.2) is 127 Å². The van der Waals surface area contributed by atoms with Crippen molar-refractivity contribution in [3.63, 3.8) is 0 Å². The van der Waals surface area contributed by atoms with E-state index in [0.717, 1.165) is 22.0 Å². The summed E-state index contributed by atoms with van der Waals surface area (Å²) in [5, 5.41) is 15.8. The number of ether oxygens (including phenoxy) is 2. The van der Waals surface area contributed by atoms with Gasteiger partial charge < -0.3 is 19.9 Å². The maximum Gasteiger partial charge on any atom is 0.260 e. The number of amides is 4. The molecule has 6 atom stereocenters. The number of allylic oxidation sites excluding steroid dienone is 2. The molecule has 11 nitrogen and oxygen atoms in total. The molecule has 2 aliphatic carbocycles. The van der Waals surface area contributed by atoms with E-state index in [1.807, 2.05) is 48.5 Å². The van der Waals surface area contributed by atoms with E-state index < -0.39 is 46.8 Å². The lowest BCUT2D eigenvalue weighted by Gasteiger charge is -2.50. The number of benzene rings is 5. The average Bonchev–Trinajstić information content (AvgIpc) is 3.63. The van der Waals surface area contributed by atoms with Crippen molar-refractivity contribution in [3.8, 4) is 17.2 Å². The summed E-state index contributed by atoms with van der Waals surface area (Å²) in [4.78, 5) is 61.1. The van der Waals surface area contributed by atoms with E-state index in [0.29, 0.717) is 33.3 Å². The molecule has 2 aliphatic heterocycles. The predicted octanol–water partition coefficient (Wildman–Crippen LogP) is 9.04. The highest BCUT2D eigenvalue weighted by Crippen LogP contribution is 2.64. The van der Waals surface area contributed by atoms with Crippen LogP contribution in [0.1, 0.15) is 36.8 Å². The number of aromatic hydroxyl groups is 1. The average molecular weight is 844 g/mol. The molecule has 3 N–H and O–H groups in total. The second-order valence-corrected chi connectivity index (χ2v) is 16.3. The Hall–Kier alpha value is -6.30. The minimum absolute atomic E-state index is 0.0904. The number of hydrazine groups is 1. The molecule has 5 aromatic carbocycles. The van der Waals surface area contributed by atoms with Crippen LogP contribution < -0.4 is 25.1 Å². The quantitative estimate of drug-likeness (QED) is 0.0929. The van der Waals surface area contributed by atoms with Gasteiger partial charge in [-0.05, 0) is 116 Å². The molecule has 1 saturated carbocycles. The summed E-state index contributed by atoms with van der Waals surface area (Å²) in [5.74, 6) is -5.03. The third-order valence-corrected chi connectivity index (χ3v) is 12.9. The normalized spacial score (nSPS) is 24.4. The predicted molar refractivity (Wildman–Crippen MR) is 229 cm³/mol. The Morgan fingerprint density at radius 1 is 0.817 bits per heavy atom. The number of hydrogen-bond donors (Lipinski definition) is 3. The second-order valence-electron chi connectivity index (χ2n) is 15.4. The number of carbonyl (C=O) groups is 4. The fourth-order valence-electron chi connectivity index (χ4n) is 9.84. The molecule has 0 radical (unpaired) electrons. The SMILES string of the molecule is CCOc1cc([C@H]2C3=CC[C@@H]4C(=O)N(c5ccc(Nc6ccccc6)cc5)C(=O)[C@@H]4[C@@H]3C[C@H]3C(=O)N(Nc4ccc(Cl)cc4Cl)C(=O)[C@@]23c2ccc(OC)cc2)ccc1O. The van der Waals surface area contributed by atoms with Gasteiger partial charge >= 0.3 is 0 Å². The maximum absolute atomic E-state index is 15.6. The molecule has 4 aliphatic rings. The Labute approximate surface area is 356 Å². The van der Waals surface area contributed by atoms with E-state index in [-0.39, 0.29) is 47.8 Å². The maximum atomic E-state index is 15.6. The lowest BCUT2D eigenvalue weighted by molar-refractivity contribution is -0.138. The summed E-state index contributed by atoms with van der Waals surface area (Å²) in [6.45, 7) is 2.06. The van der Waals surface area contributed by atoms with E-state index in [1.165, 1.54) is 17.0 Å². The van der Waals surface area contributed by atoms with Crippen LogP contribution in [0.3, 0.4) is 0 Å². The Morgan fingerprint density at radius 3 is 2.25 bits per heavy atom. The number of phenolic OH excluding ortho intramolecular Hbond substituents is 1. The van der Waals surface area contributed by atoms with E-state index in [4.69, 9.17) is 32.7 Å². The molecule has 0 bridgehead atoms. The molecular weight excluding hydrogens is 803 g/mol. The Kier molecular flexibility index (Phi) is 10.0. The van der Waals surface area contributed by atoms with E-state index in [9.17, 15) is 14.7 Å². The van der Waals surface area contributed by atoms with E-state index in [2.05, 4.69) is 10.7 Å². The standard InChI is InChI=1S/C47H40Cl2N4O7/c1-3-60-40-23-26(9-22-39(40)54)42-33-19-20-34-41(45(57)52(43(34)55)31-15-13-30(14-16-31)50-29-7-5-4-6-8-29)35(33)25-36-44(56)53(51-38-21-12-28(48)24-37(38)49)46(58)47(36,42)27-10-17-32(59-2)18-11-27/h4-19,21-24,34-36,41-42,50-51,54H,3,20,25H2,1-2H3/t34-,35+,36-,41-,42-,47+/m0/s1. The first-order chi connectivity index (χ1) is 29.0. The first kappa shape index (κ1) is 39.2. The molecule has 304 valence electrons. The van der Waals surface area contributed by atoms with Crippen LogP contribution in [-0.2, 0) is 24.6 Å². The molecule has 4 amide bonds. The van der Waals surface area contributed by atoms with Crippen LogP contribution in [0, 0.1) is 23.7 Å². The van der Waals surface area contributed by atoms with Crippen LogP contribution in [0.4, 0.5) is 22.7 Å². The molecule has 9 rings (SSSR count). The molecule has 0 unspecified atom stereocenters. The summed E-state index contributed by atoms with van der Waals surface area (Å²) in [6, 6.07) is 33.6. The first-order valence-electron chi connectivity index (χ1n) is 19.7. The monoisotopic (exact) mass is 842 g/mol. The second kappa shape index (κ2) is 15.4. The van der Waals surface area contributed by atoms with Crippen molar-refractivity contribution in [1.29, 1.82) is 0 Å². The Morgan fingerprint density at radius 2 is 1.55 bits per heavy atom. The molecule has 60 heavy (non-hydrogen) atoms. The van der Waals surface area contributed by atoms with Crippen LogP contribution in [-0.4, -0.2) is 47.5 Å². The van der Waals surface area contributed by atoms with Gasteiger partial charge in [0.15, 0.2) is 11.5 Å². The number of methoxy groups -OCH3 is 1. The zero-order valence-corrected chi connectivity index (χ0v) is 34.1. The van der Waals surface area contributed by atoms with Gasteiger partial charge in [-0.1, -0.05) is 71.2 Å². The van der Waals surface area contributed by atoms with Crippen molar-refractivity contribution < 1.29 is 33.8 Å². The van der Waals surface area contributed by atoms with Crippen molar-refractivity contribution in [2.75, 3.05) is 29.4 Å². The number of carbonyl (C=O) groups excluding carboxylic acids is 4. The summed E-state index contributed by atoms with van der Waals surface area (Å²) in [6.07, 6.45) is 2.32. The topological polar surface area (TPSA) is 138 Å². The lowest BCUT2D eigenvalue weighted by Crippen LogP contribution is -2.53. The Bertz CT molecular complexity index is 2570. The van der Waals surface area contributed by atoms with Gasteiger partial charge in [-0.2, -0.15) is 5.01 Å². The minimum Gasteiger partial charge on any atom is -0.504 e. The van der Waals surface area contributed by atoms with Gasteiger partial charge in [0.25, 0.3) is 11.8 Å². The van der Waals surface area contributed by atoms with Gasteiger partial charge in [-0.25, -0.2) is 0 Å². The summed E-state index contributed by atoms with van der Waals surface area (Å²) >= 11 is 12.8. The molecule has 0 aromatic heterocycles. The van der Waals surface area contributed by atoms with E-state index in [1.54, 1.807) is 74.7 Å².